The van der Waals surface area contributed by atoms with E-state index in [1.54, 1.807) is 0 Å². The Morgan fingerprint density at radius 1 is 0.561 bits per heavy atom. The van der Waals surface area contributed by atoms with Gasteiger partial charge < -0.3 is 14.5 Å². The van der Waals surface area contributed by atoms with E-state index in [1.807, 2.05) is 0 Å². The van der Waals surface area contributed by atoms with E-state index in [2.05, 4.69) is 54.5 Å². The molecule has 0 radical (unpaired) electrons. The van der Waals surface area contributed by atoms with Gasteiger partial charge in [-0.05, 0) is 78.2 Å². The first kappa shape index (κ1) is 32.1. The molecule has 0 amide bonds. The highest BCUT2D eigenvalue weighted by Crippen LogP contribution is 2.19. The largest absolute Gasteiger partial charge is 0.379 e. The van der Waals surface area contributed by atoms with Gasteiger partial charge in [-0.25, -0.2) is 0 Å². The Hall–Kier alpha value is -1.81. The predicted molar refractivity (Wildman–Crippen MR) is 160 cm³/mol. The highest BCUT2D eigenvalue weighted by molar-refractivity contribution is 5.06. The standard InChI is InChI=1S/C12H21N3.C10H17N3O.C9H15N3/c1-11-5-2-3-6-14(11)7-4-8-15-10-12(15)9-13;11-8-10-9-13(10)3-1-2-12-4-6-14-7-5-12;10-7-9-8-12(9)6-5-11-3-1-2-4-11/h11-12H,2-8,10H2,1H3;10H,1-7,9H2;9H,1-6,8H2. The van der Waals surface area contributed by atoms with Gasteiger partial charge in [0.05, 0.1) is 31.4 Å². The van der Waals surface area contributed by atoms with E-state index in [4.69, 9.17) is 20.5 Å². The first-order valence-electron chi connectivity index (χ1n) is 16.3. The van der Waals surface area contributed by atoms with Gasteiger partial charge in [0.25, 0.3) is 0 Å². The minimum absolute atomic E-state index is 0.222. The number of morpholine rings is 1. The number of nitriles is 3. The van der Waals surface area contributed by atoms with Crippen molar-refractivity contribution in [2.24, 2.45) is 0 Å². The van der Waals surface area contributed by atoms with Crippen molar-refractivity contribution in [2.75, 3.05) is 105 Å². The second-order valence-corrected chi connectivity index (χ2v) is 12.5. The number of likely N-dealkylation sites (tertiary alicyclic amines) is 2. The first-order chi connectivity index (χ1) is 20.1. The Bertz CT molecular complexity index is 885. The van der Waals surface area contributed by atoms with Crippen LogP contribution in [-0.2, 0) is 4.74 Å². The second-order valence-electron chi connectivity index (χ2n) is 12.5. The summed E-state index contributed by atoms with van der Waals surface area (Å²) in [6.45, 7) is 19.9. The summed E-state index contributed by atoms with van der Waals surface area (Å²) in [4.78, 5) is 14.3. The van der Waals surface area contributed by atoms with Crippen molar-refractivity contribution in [2.45, 2.75) is 76.0 Å². The van der Waals surface area contributed by atoms with E-state index in [1.165, 1.54) is 71.1 Å². The summed E-state index contributed by atoms with van der Waals surface area (Å²) in [6, 6.07) is 8.32. The van der Waals surface area contributed by atoms with Crippen LogP contribution in [0.1, 0.15) is 51.9 Å². The lowest BCUT2D eigenvalue weighted by molar-refractivity contribution is 0.0370. The van der Waals surface area contributed by atoms with Gasteiger partial charge in [-0.2, -0.15) is 15.8 Å². The average Bonchev–Trinajstić information content (AvgIpc) is 3.96. The highest BCUT2D eigenvalue weighted by Gasteiger charge is 2.34. The van der Waals surface area contributed by atoms with Gasteiger partial charge in [0, 0.05) is 64.9 Å². The molecule has 6 saturated heterocycles. The van der Waals surface area contributed by atoms with Crippen LogP contribution in [0.2, 0.25) is 0 Å². The van der Waals surface area contributed by atoms with E-state index in [9.17, 15) is 0 Å². The van der Waals surface area contributed by atoms with Crippen LogP contribution in [0.5, 0.6) is 0 Å². The van der Waals surface area contributed by atoms with Crippen molar-refractivity contribution in [1.82, 2.24) is 29.4 Å². The van der Waals surface area contributed by atoms with Gasteiger partial charge in [-0.1, -0.05) is 6.42 Å². The quantitative estimate of drug-likeness (QED) is 0.343. The lowest BCUT2D eigenvalue weighted by Crippen LogP contribution is -2.38. The molecule has 41 heavy (non-hydrogen) atoms. The van der Waals surface area contributed by atoms with Crippen LogP contribution in [0.4, 0.5) is 0 Å². The lowest BCUT2D eigenvalue weighted by Gasteiger charge is -2.33. The Morgan fingerprint density at radius 2 is 1.05 bits per heavy atom. The number of piperidine rings is 1. The summed E-state index contributed by atoms with van der Waals surface area (Å²) in [5.41, 5.74) is 0. The van der Waals surface area contributed by atoms with Crippen molar-refractivity contribution in [3.63, 3.8) is 0 Å². The van der Waals surface area contributed by atoms with E-state index in [0.717, 1.165) is 84.7 Å². The molecule has 0 saturated carbocycles. The smallest absolute Gasteiger partial charge is 0.111 e. The molecule has 0 bridgehead atoms. The van der Waals surface area contributed by atoms with Gasteiger partial charge in [0.15, 0.2) is 0 Å². The normalized spacial score (nSPS) is 34.5. The fraction of sp³-hybridized carbons (Fsp3) is 0.903. The maximum atomic E-state index is 8.66. The van der Waals surface area contributed by atoms with E-state index >= 15 is 0 Å². The molecule has 0 aromatic heterocycles. The number of hydrogen-bond donors (Lipinski definition) is 0. The topological polar surface area (TPSA) is 99.3 Å². The van der Waals surface area contributed by atoms with Gasteiger partial charge in [-0.15, -0.1) is 0 Å². The maximum absolute atomic E-state index is 8.66. The van der Waals surface area contributed by atoms with Crippen LogP contribution in [0.3, 0.4) is 0 Å². The molecule has 228 valence electrons. The average molecular weight is 568 g/mol. The molecule has 0 aromatic carbocycles. The minimum atomic E-state index is 0.222. The Kier molecular flexibility index (Phi) is 13.6. The number of rotatable bonds is 11. The van der Waals surface area contributed by atoms with Crippen molar-refractivity contribution in [3.05, 3.63) is 0 Å². The molecule has 6 aliphatic heterocycles. The van der Waals surface area contributed by atoms with Gasteiger partial charge in [0.1, 0.15) is 18.1 Å². The molecule has 6 rings (SSSR count). The number of hydrogen-bond acceptors (Lipinski definition) is 10. The first-order valence-corrected chi connectivity index (χ1v) is 16.3. The Labute approximate surface area is 249 Å². The van der Waals surface area contributed by atoms with E-state index < -0.39 is 0 Å². The fourth-order valence-electron chi connectivity index (χ4n) is 6.20. The van der Waals surface area contributed by atoms with Gasteiger partial charge in [0.2, 0.25) is 0 Å². The van der Waals surface area contributed by atoms with Crippen LogP contribution in [0, 0.1) is 34.0 Å². The monoisotopic (exact) mass is 567 g/mol. The molecular formula is C31H53N9O. The molecule has 0 aromatic rings. The van der Waals surface area contributed by atoms with Crippen LogP contribution in [0.15, 0.2) is 0 Å². The zero-order chi connectivity index (χ0) is 28.9. The van der Waals surface area contributed by atoms with Crippen LogP contribution in [0.25, 0.3) is 0 Å². The zero-order valence-corrected chi connectivity index (χ0v) is 25.5. The molecule has 0 spiro atoms. The van der Waals surface area contributed by atoms with Crippen LogP contribution in [-0.4, -0.2) is 158 Å². The minimum Gasteiger partial charge on any atom is -0.379 e. The molecule has 7 atom stereocenters. The molecule has 6 fully saturated rings. The highest BCUT2D eigenvalue weighted by atomic mass is 16.5. The molecule has 6 aliphatic rings. The number of ether oxygens (including phenoxy) is 1. The summed E-state index contributed by atoms with van der Waals surface area (Å²) in [6.07, 6.45) is 9.27. The molecule has 6 heterocycles. The van der Waals surface area contributed by atoms with Crippen LogP contribution >= 0.6 is 0 Å². The molecular weight excluding hydrogens is 514 g/mol. The second kappa shape index (κ2) is 17.3. The molecule has 10 nitrogen and oxygen atoms in total. The summed E-state index contributed by atoms with van der Waals surface area (Å²) in [5.74, 6) is 0. The SMILES string of the molecule is CC1CCCCN1CCCN1CC1C#N.N#CC1CN1CCCN1CCOCC1.N#CC1CN1CCN1CCCC1. The van der Waals surface area contributed by atoms with Crippen molar-refractivity contribution >= 4 is 0 Å². The third kappa shape index (κ3) is 11.8. The molecule has 0 aliphatic carbocycles. The fourth-order valence-corrected chi connectivity index (χ4v) is 6.20. The molecule has 10 heteroatoms. The Morgan fingerprint density at radius 3 is 1.59 bits per heavy atom. The Balaban J connectivity index is 0.000000142. The van der Waals surface area contributed by atoms with Gasteiger partial charge >= 0.3 is 0 Å². The lowest BCUT2D eigenvalue weighted by atomic mass is 10.0. The zero-order valence-electron chi connectivity index (χ0n) is 25.5. The summed E-state index contributed by atoms with van der Waals surface area (Å²) in [7, 11) is 0. The summed E-state index contributed by atoms with van der Waals surface area (Å²) in [5, 5.41) is 25.8. The van der Waals surface area contributed by atoms with Gasteiger partial charge in [-0.3, -0.25) is 19.6 Å². The van der Waals surface area contributed by atoms with E-state index in [0.29, 0.717) is 0 Å². The maximum Gasteiger partial charge on any atom is 0.111 e. The molecule has 7 unspecified atom stereocenters. The van der Waals surface area contributed by atoms with E-state index in [-0.39, 0.29) is 18.1 Å². The van der Waals surface area contributed by atoms with Crippen molar-refractivity contribution in [3.8, 4) is 18.2 Å². The summed E-state index contributed by atoms with van der Waals surface area (Å²) >= 11 is 0. The van der Waals surface area contributed by atoms with Crippen molar-refractivity contribution in [1.29, 1.82) is 15.8 Å². The van der Waals surface area contributed by atoms with Crippen molar-refractivity contribution < 1.29 is 4.74 Å². The van der Waals surface area contributed by atoms with Crippen LogP contribution < -0.4 is 0 Å². The predicted octanol–water partition coefficient (Wildman–Crippen LogP) is 1.67. The third-order valence-corrected chi connectivity index (χ3v) is 9.35. The third-order valence-electron chi connectivity index (χ3n) is 9.35. The number of nitrogens with zero attached hydrogens (tertiary/aromatic N) is 9. The molecule has 0 N–H and O–H groups in total. The summed E-state index contributed by atoms with van der Waals surface area (Å²) < 4.78 is 5.28.